The van der Waals surface area contributed by atoms with E-state index in [9.17, 15) is 4.79 Å². The van der Waals surface area contributed by atoms with Gasteiger partial charge < -0.3 is 10.1 Å². The first-order valence-electron chi connectivity index (χ1n) is 12.9. The summed E-state index contributed by atoms with van der Waals surface area (Å²) in [6, 6.07) is 23.0. The fourth-order valence-corrected chi connectivity index (χ4v) is 5.76. The summed E-state index contributed by atoms with van der Waals surface area (Å²) in [6.07, 6.45) is 4.69. The molecule has 36 heavy (non-hydrogen) atoms. The largest absolute Gasteiger partial charge is 0.371 e. The average Bonchev–Trinajstić information content (AvgIpc) is 3.47. The number of hydrogen-bond acceptors (Lipinski definition) is 3. The number of carbonyl (C=O) groups excluding carboxylic acids is 1. The molecule has 1 N–H and O–H groups in total. The summed E-state index contributed by atoms with van der Waals surface area (Å²) in [4.78, 5) is 16.2. The molecule has 2 amide bonds. The Balaban J connectivity index is 1.43. The Morgan fingerprint density at radius 2 is 1.75 bits per heavy atom. The van der Waals surface area contributed by atoms with Crippen molar-refractivity contribution in [3.05, 3.63) is 83.4 Å². The van der Waals surface area contributed by atoms with Crippen molar-refractivity contribution in [1.29, 1.82) is 0 Å². The van der Waals surface area contributed by atoms with Crippen LogP contribution in [-0.2, 0) is 23.3 Å². The Morgan fingerprint density at radius 3 is 2.47 bits per heavy atom. The lowest BCUT2D eigenvalue weighted by Gasteiger charge is -2.25. The molecule has 1 aliphatic carbocycles. The van der Waals surface area contributed by atoms with Gasteiger partial charge in [0, 0.05) is 29.1 Å². The molecule has 4 nitrogen and oxygen atoms in total. The van der Waals surface area contributed by atoms with Gasteiger partial charge in [-0.1, -0.05) is 55.3 Å². The van der Waals surface area contributed by atoms with Crippen LogP contribution in [0.3, 0.4) is 0 Å². The minimum atomic E-state index is -0.193. The number of anilines is 1. The number of hydrogen-bond donors (Lipinski definition) is 2. The number of nitrogens with one attached hydrogen (secondary N) is 1. The van der Waals surface area contributed by atoms with Gasteiger partial charge in [0.1, 0.15) is 0 Å². The Hall–Kier alpha value is -2.76. The van der Waals surface area contributed by atoms with Crippen LogP contribution < -0.4 is 10.2 Å². The van der Waals surface area contributed by atoms with Crippen molar-refractivity contribution >= 4 is 24.3 Å². The van der Waals surface area contributed by atoms with Gasteiger partial charge in [-0.2, -0.15) is 0 Å². The monoisotopic (exact) mass is 500 g/mol. The van der Waals surface area contributed by atoms with E-state index in [1.165, 1.54) is 35.1 Å². The van der Waals surface area contributed by atoms with E-state index in [1.807, 2.05) is 29.2 Å². The standard InChI is InChI=1S/C31H36N2O2S/c1-30(2,3)35-20-24-8-4-5-9-26(24)23-12-15-28-27(18-23)31(16-6-7-17-31)21-33(28)29(34)32-19-22-10-13-25(36)14-11-22/h4-5,8-15,18,36H,6-7,16-17,19-21H2,1-3H3,(H,32,34). The molecule has 0 aromatic heterocycles. The van der Waals surface area contributed by atoms with E-state index >= 15 is 0 Å². The van der Waals surface area contributed by atoms with Crippen molar-refractivity contribution in [2.24, 2.45) is 0 Å². The highest BCUT2D eigenvalue weighted by Gasteiger charge is 2.46. The molecule has 2 aliphatic rings. The van der Waals surface area contributed by atoms with Crippen molar-refractivity contribution in [3.8, 4) is 11.1 Å². The van der Waals surface area contributed by atoms with Crippen LogP contribution in [0.25, 0.3) is 11.1 Å². The maximum absolute atomic E-state index is 13.4. The zero-order valence-corrected chi connectivity index (χ0v) is 22.4. The summed E-state index contributed by atoms with van der Waals surface area (Å²) in [5.41, 5.74) is 6.88. The third kappa shape index (κ3) is 5.18. The lowest BCUT2D eigenvalue weighted by molar-refractivity contribution is -0.0147. The topological polar surface area (TPSA) is 41.6 Å². The predicted octanol–water partition coefficient (Wildman–Crippen LogP) is 7.50. The number of nitrogens with zero attached hydrogens (tertiary/aromatic N) is 1. The third-order valence-corrected chi connectivity index (χ3v) is 7.79. The molecule has 0 unspecified atom stereocenters. The van der Waals surface area contributed by atoms with E-state index in [-0.39, 0.29) is 17.0 Å². The van der Waals surface area contributed by atoms with Gasteiger partial charge in [-0.05, 0) is 85.7 Å². The first-order valence-corrected chi connectivity index (χ1v) is 13.4. The van der Waals surface area contributed by atoms with Gasteiger partial charge in [0.2, 0.25) is 0 Å². The molecule has 3 aromatic rings. The van der Waals surface area contributed by atoms with Crippen LogP contribution in [0.4, 0.5) is 10.5 Å². The van der Waals surface area contributed by atoms with Gasteiger partial charge in [-0.15, -0.1) is 12.6 Å². The third-order valence-electron chi connectivity index (χ3n) is 7.49. The minimum Gasteiger partial charge on any atom is -0.371 e. The van der Waals surface area contributed by atoms with Crippen molar-refractivity contribution in [3.63, 3.8) is 0 Å². The Morgan fingerprint density at radius 1 is 1.03 bits per heavy atom. The minimum absolute atomic E-state index is 0.0262. The zero-order chi connectivity index (χ0) is 25.3. The van der Waals surface area contributed by atoms with Crippen LogP contribution in [0, 0.1) is 0 Å². The molecule has 1 saturated carbocycles. The normalized spacial score (nSPS) is 16.4. The summed E-state index contributed by atoms with van der Waals surface area (Å²) >= 11 is 4.35. The lowest BCUT2D eigenvalue weighted by Crippen LogP contribution is -2.41. The zero-order valence-electron chi connectivity index (χ0n) is 21.5. The Labute approximate surface area is 220 Å². The predicted molar refractivity (Wildman–Crippen MR) is 150 cm³/mol. The van der Waals surface area contributed by atoms with Gasteiger partial charge in [0.25, 0.3) is 0 Å². The molecule has 0 saturated heterocycles. The number of ether oxygens (including phenoxy) is 1. The first-order chi connectivity index (χ1) is 17.2. The smallest absolute Gasteiger partial charge is 0.322 e. The van der Waals surface area contributed by atoms with Crippen molar-refractivity contribution in [2.45, 2.75) is 75.5 Å². The molecule has 1 heterocycles. The molecular weight excluding hydrogens is 464 g/mol. The molecular formula is C31H36N2O2S. The van der Waals surface area contributed by atoms with Gasteiger partial charge in [-0.25, -0.2) is 4.79 Å². The number of carbonyl (C=O) groups is 1. The van der Waals surface area contributed by atoms with Crippen LogP contribution in [0.2, 0.25) is 0 Å². The van der Waals surface area contributed by atoms with E-state index in [4.69, 9.17) is 4.74 Å². The highest BCUT2D eigenvalue weighted by atomic mass is 32.1. The first kappa shape index (κ1) is 24.9. The summed E-state index contributed by atoms with van der Waals surface area (Å²) in [5, 5.41) is 3.14. The number of thiol groups is 1. The molecule has 0 bridgehead atoms. The number of fused-ring (bicyclic) bond motifs is 2. The molecule has 3 aromatic carbocycles. The van der Waals surface area contributed by atoms with Crippen LogP contribution in [-0.4, -0.2) is 18.2 Å². The van der Waals surface area contributed by atoms with Crippen LogP contribution in [0.5, 0.6) is 0 Å². The van der Waals surface area contributed by atoms with Crippen molar-refractivity contribution < 1.29 is 9.53 Å². The SMILES string of the molecule is CC(C)(C)OCc1ccccc1-c1ccc2c(c1)C1(CCCC1)CN2C(=O)NCc1ccc(S)cc1. The summed E-state index contributed by atoms with van der Waals surface area (Å²) < 4.78 is 6.12. The molecule has 5 heteroatoms. The second-order valence-electron chi connectivity index (χ2n) is 11.2. The highest BCUT2D eigenvalue weighted by molar-refractivity contribution is 7.80. The van der Waals surface area contributed by atoms with Crippen molar-refractivity contribution in [1.82, 2.24) is 5.32 Å². The number of rotatable bonds is 5. The van der Waals surface area contributed by atoms with E-state index < -0.39 is 0 Å². The highest BCUT2D eigenvalue weighted by Crippen LogP contribution is 2.51. The van der Waals surface area contributed by atoms with E-state index in [1.54, 1.807) is 0 Å². The Kier molecular flexibility index (Phi) is 6.88. The maximum atomic E-state index is 13.4. The van der Waals surface area contributed by atoms with Crippen LogP contribution in [0.15, 0.2) is 71.6 Å². The molecule has 1 fully saturated rings. The molecule has 0 atom stereocenters. The fraction of sp³-hybridized carbons (Fsp3) is 0.387. The summed E-state index contributed by atoms with van der Waals surface area (Å²) in [7, 11) is 0. The molecule has 0 radical (unpaired) electrons. The average molecular weight is 501 g/mol. The van der Waals surface area contributed by atoms with Gasteiger partial charge >= 0.3 is 6.03 Å². The quantitative estimate of drug-likeness (QED) is 0.356. The second kappa shape index (κ2) is 9.95. The van der Waals surface area contributed by atoms with Crippen LogP contribution in [0.1, 0.15) is 63.1 Å². The van der Waals surface area contributed by atoms with Gasteiger partial charge in [0.15, 0.2) is 0 Å². The fourth-order valence-electron chi connectivity index (χ4n) is 5.61. The van der Waals surface area contributed by atoms with Gasteiger partial charge in [-0.3, -0.25) is 4.90 Å². The number of benzene rings is 3. The van der Waals surface area contributed by atoms with E-state index in [2.05, 4.69) is 81.2 Å². The van der Waals surface area contributed by atoms with E-state index in [0.29, 0.717) is 13.2 Å². The second-order valence-corrected chi connectivity index (χ2v) is 11.7. The maximum Gasteiger partial charge on any atom is 0.322 e. The van der Waals surface area contributed by atoms with Gasteiger partial charge in [0.05, 0.1) is 12.2 Å². The lowest BCUT2D eigenvalue weighted by atomic mass is 9.79. The Bertz CT molecular complexity index is 1240. The molecule has 188 valence electrons. The van der Waals surface area contributed by atoms with E-state index in [0.717, 1.165) is 35.5 Å². The summed E-state index contributed by atoms with van der Waals surface area (Å²) in [6.45, 7) is 8.09. The number of urea groups is 1. The molecule has 1 aliphatic heterocycles. The molecule has 5 rings (SSSR count). The number of amides is 2. The summed E-state index contributed by atoms with van der Waals surface area (Å²) in [5.74, 6) is 0. The van der Waals surface area contributed by atoms with Crippen LogP contribution >= 0.6 is 12.6 Å². The molecule has 1 spiro atoms. The van der Waals surface area contributed by atoms with Crippen molar-refractivity contribution in [2.75, 3.05) is 11.4 Å².